The zero-order chi connectivity index (χ0) is 21.9. The smallest absolute Gasteiger partial charge is 0.382 e. The van der Waals surface area contributed by atoms with E-state index in [9.17, 15) is 31.1 Å². The standard InChI is InChI=1S/C21H20F6N2O/c22-20(23,24)14-10-15(21(25,26)27)12-18(11-14)28-16-6-8-17(9-7-16)29-19(30)13-4-2-1-3-5-13/h1-5,10-12,16-17,28H,6-9H2,(H,29,30)/t16-,17+. The molecule has 9 heteroatoms. The lowest BCUT2D eigenvalue weighted by Crippen LogP contribution is -2.40. The van der Waals surface area contributed by atoms with Crippen LogP contribution in [0.1, 0.15) is 47.2 Å². The van der Waals surface area contributed by atoms with Gasteiger partial charge in [0.2, 0.25) is 0 Å². The third kappa shape index (κ3) is 5.67. The number of alkyl halides is 6. The first-order chi connectivity index (χ1) is 14.0. The minimum Gasteiger partial charge on any atom is -0.382 e. The molecule has 30 heavy (non-hydrogen) atoms. The van der Waals surface area contributed by atoms with Crippen LogP contribution in [0.25, 0.3) is 0 Å². The summed E-state index contributed by atoms with van der Waals surface area (Å²) in [5, 5.41) is 5.71. The fourth-order valence-corrected chi connectivity index (χ4v) is 3.51. The first kappa shape index (κ1) is 22.0. The summed E-state index contributed by atoms with van der Waals surface area (Å²) in [6.07, 6.45) is -7.59. The number of hydrogen-bond donors (Lipinski definition) is 2. The number of halogens is 6. The Balaban J connectivity index is 1.62. The average molecular weight is 430 g/mol. The molecule has 0 spiro atoms. The Morgan fingerprint density at radius 2 is 1.27 bits per heavy atom. The number of carbonyl (C=O) groups is 1. The first-order valence-corrected chi connectivity index (χ1v) is 9.44. The van der Waals surface area contributed by atoms with E-state index in [-0.39, 0.29) is 29.7 Å². The van der Waals surface area contributed by atoms with Gasteiger partial charge in [-0.1, -0.05) is 18.2 Å². The van der Waals surface area contributed by atoms with Gasteiger partial charge >= 0.3 is 12.4 Å². The number of rotatable bonds is 4. The van der Waals surface area contributed by atoms with E-state index in [1.807, 2.05) is 0 Å². The maximum absolute atomic E-state index is 13.0. The minimum absolute atomic E-state index is 0.0944. The molecule has 0 bridgehead atoms. The topological polar surface area (TPSA) is 41.1 Å². The van der Waals surface area contributed by atoms with Crippen LogP contribution in [0.2, 0.25) is 0 Å². The van der Waals surface area contributed by atoms with Crippen molar-refractivity contribution in [3.05, 3.63) is 65.2 Å². The zero-order valence-corrected chi connectivity index (χ0v) is 15.8. The highest BCUT2D eigenvalue weighted by molar-refractivity contribution is 5.94. The van der Waals surface area contributed by atoms with E-state index in [0.717, 1.165) is 0 Å². The molecule has 3 nitrogen and oxygen atoms in total. The van der Waals surface area contributed by atoms with Crippen LogP contribution < -0.4 is 10.6 Å². The van der Waals surface area contributed by atoms with Gasteiger partial charge in [-0.15, -0.1) is 0 Å². The van der Waals surface area contributed by atoms with Gasteiger partial charge in [-0.2, -0.15) is 26.3 Å². The van der Waals surface area contributed by atoms with E-state index in [4.69, 9.17) is 0 Å². The number of anilines is 1. The maximum atomic E-state index is 13.0. The Kier molecular flexibility index (Phi) is 6.28. The lowest BCUT2D eigenvalue weighted by Gasteiger charge is -2.30. The van der Waals surface area contributed by atoms with Crippen LogP contribution in [0, 0.1) is 0 Å². The fourth-order valence-electron chi connectivity index (χ4n) is 3.51. The second-order valence-electron chi connectivity index (χ2n) is 7.33. The minimum atomic E-state index is -4.88. The second-order valence-corrected chi connectivity index (χ2v) is 7.33. The van der Waals surface area contributed by atoms with Gasteiger partial charge in [0.1, 0.15) is 0 Å². The highest BCUT2D eigenvalue weighted by Gasteiger charge is 2.37. The SMILES string of the molecule is O=C(N[C@H]1CC[C@@H](Nc2cc(C(F)(F)F)cc(C(F)(F)F)c2)CC1)c1ccccc1. The number of amides is 1. The largest absolute Gasteiger partial charge is 0.416 e. The van der Waals surface area contributed by atoms with Crippen LogP contribution >= 0.6 is 0 Å². The molecular weight excluding hydrogens is 410 g/mol. The molecule has 0 aromatic heterocycles. The Morgan fingerprint density at radius 1 is 0.767 bits per heavy atom. The summed E-state index contributed by atoms with van der Waals surface area (Å²) in [6.45, 7) is 0. The average Bonchev–Trinajstić information content (AvgIpc) is 2.68. The van der Waals surface area contributed by atoms with Crippen LogP contribution in [-0.2, 0) is 12.4 Å². The molecule has 0 atom stereocenters. The third-order valence-corrected chi connectivity index (χ3v) is 5.06. The van der Waals surface area contributed by atoms with E-state index in [1.165, 1.54) is 0 Å². The normalized spacial score (nSPS) is 19.9. The molecule has 0 aliphatic heterocycles. The van der Waals surface area contributed by atoms with E-state index in [2.05, 4.69) is 10.6 Å². The van der Waals surface area contributed by atoms with Gasteiger partial charge in [-0.3, -0.25) is 4.79 Å². The molecule has 1 aliphatic carbocycles. The molecule has 162 valence electrons. The van der Waals surface area contributed by atoms with E-state index >= 15 is 0 Å². The van der Waals surface area contributed by atoms with Crippen molar-refractivity contribution < 1.29 is 31.1 Å². The molecule has 1 saturated carbocycles. The summed E-state index contributed by atoms with van der Waals surface area (Å²) in [7, 11) is 0. The molecule has 0 unspecified atom stereocenters. The van der Waals surface area contributed by atoms with Crippen molar-refractivity contribution >= 4 is 11.6 Å². The van der Waals surface area contributed by atoms with Gasteiger partial charge in [0.05, 0.1) is 11.1 Å². The number of carbonyl (C=O) groups excluding carboxylic acids is 1. The number of nitrogens with one attached hydrogen (secondary N) is 2. The van der Waals surface area contributed by atoms with Crippen LogP contribution in [-0.4, -0.2) is 18.0 Å². The summed E-state index contributed by atoms with van der Waals surface area (Å²) in [4.78, 5) is 12.2. The fraction of sp³-hybridized carbons (Fsp3) is 0.381. The van der Waals surface area contributed by atoms with Crippen molar-refractivity contribution in [3.8, 4) is 0 Å². The molecule has 1 amide bonds. The van der Waals surface area contributed by atoms with E-state index in [1.54, 1.807) is 30.3 Å². The van der Waals surface area contributed by atoms with Crippen molar-refractivity contribution in [2.75, 3.05) is 5.32 Å². The lowest BCUT2D eigenvalue weighted by atomic mass is 9.90. The van der Waals surface area contributed by atoms with Crippen LogP contribution in [0.15, 0.2) is 48.5 Å². The van der Waals surface area contributed by atoms with Gasteiger partial charge in [0.25, 0.3) is 5.91 Å². The maximum Gasteiger partial charge on any atom is 0.416 e. The Labute approximate surface area is 169 Å². The molecule has 3 rings (SSSR count). The predicted octanol–water partition coefficient (Wildman–Crippen LogP) is 5.88. The van der Waals surface area contributed by atoms with Gasteiger partial charge in [-0.05, 0) is 56.0 Å². The summed E-state index contributed by atoms with van der Waals surface area (Å²) in [5.74, 6) is -0.209. The molecule has 1 fully saturated rings. The third-order valence-electron chi connectivity index (χ3n) is 5.06. The van der Waals surface area contributed by atoms with Gasteiger partial charge in [0, 0.05) is 23.3 Å². The molecule has 0 saturated heterocycles. The lowest BCUT2D eigenvalue weighted by molar-refractivity contribution is -0.143. The van der Waals surface area contributed by atoms with Crippen molar-refractivity contribution in [2.24, 2.45) is 0 Å². The van der Waals surface area contributed by atoms with Gasteiger partial charge < -0.3 is 10.6 Å². The van der Waals surface area contributed by atoms with Crippen LogP contribution in [0.3, 0.4) is 0 Å². The van der Waals surface area contributed by atoms with Crippen molar-refractivity contribution in [3.63, 3.8) is 0 Å². The summed E-state index contributed by atoms with van der Waals surface area (Å²) in [5.41, 5.74) is -2.37. The monoisotopic (exact) mass is 430 g/mol. The van der Waals surface area contributed by atoms with Crippen molar-refractivity contribution in [1.29, 1.82) is 0 Å². The molecule has 2 N–H and O–H groups in total. The van der Waals surface area contributed by atoms with Gasteiger partial charge in [-0.25, -0.2) is 0 Å². The molecule has 0 radical (unpaired) electrons. The first-order valence-electron chi connectivity index (χ1n) is 9.44. The van der Waals surface area contributed by atoms with Crippen LogP contribution in [0.5, 0.6) is 0 Å². The molecule has 2 aromatic rings. The van der Waals surface area contributed by atoms with Crippen molar-refractivity contribution in [2.45, 2.75) is 50.1 Å². The summed E-state index contributed by atoms with van der Waals surface area (Å²) < 4.78 is 78.0. The highest BCUT2D eigenvalue weighted by Crippen LogP contribution is 2.38. The Hall–Kier alpha value is -2.71. The zero-order valence-electron chi connectivity index (χ0n) is 15.8. The quantitative estimate of drug-likeness (QED) is 0.595. The Bertz CT molecular complexity index is 839. The number of hydrogen-bond acceptors (Lipinski definition) is 2. The summed E-state index contributed by atoms with van der Waals surface area (Å²) >= 11 is 0. The summed E-state index contributed by atoms with van der Waals surface area (Å²) in [6, 6.07) is 9.80. The Morgan fingerprint density at radius 3 is 1.77 bits per heavy atom. The predicted molar refractivity (Wildman–Crippen MR) is 100 cm³/mol. The molecule has 1 aliphatic rings. The second kappa shape index (κ2) is 8.57. The molecular formula is C21H20F6N2O. The van der Waals surface area contributed by atoms with E-state index in [0.29, 0.717) is 43.4 Å². The van der Waals surface area contributed by atoms with Crippen molar-refractivity contribution in [1.82, 2.24) is 5.32 Å². The van der Waals surface area contributed by atoms with E-state index < -0.39 is 23.5 Å². The van der Waals surface area contributed by atoms with Gasteiger partial charge in [0.15, 0.2) is 0 Å². The highest BCUT2D eigenvalue weighted by atomic mass is 19.4. The molecule has 2 aromatic carbocycles. The molecule has 0 heterocycles. The van der Waals surface area contributed by atoms with Crippen LogP contribution in [0.4, 0.5) is 32.0 Å². The number of benzene rings is 2.